The highest BCUT2D eigenvalue weighted by Gasteiger charge is 2.06. The number of nitrogens with zero attached hydrogens (tertiary/aromatic N) is 4. The van der Waals surface area contributed by atoms with E-state index in [0.717, 1.165) is 0 Å². The molecule has 0 saturated heterocycles. The largest absolute Gasteiger partial charge is 0.409 e. The van der Waals surface area contributed by atoms with Crippen LogP contribution in [0.4, 0.5) is 4.39 Å². The van der Waals surface area contributed by atoms with Gasteiger partial charge in [0.2, 0.25) is 0 Å². The van der Waals surface area contributed by atoms with Gasteiger partial charge in [-0.05, 0) is 6.07 Å². The normalized spacial score (nSPS) is 11.8. The van der Waals surface area contributed by atoms with Gasteiger partial charge in [0, 0.05) is 30.4 Å². The maximum absolute atomic E-state index is 13.8. The summed E-state index contributed by atoms with van der Waals surface area (Å²) in [5, 5.41) is 22.0. The highest BCUT2D eigenvalue weighted by molar-refractivity contribution is 5.97. The second-order valence-electron chi connectivity index (χ2n) is 4.13. The summed E-state index contributed by atoms with van der Waals surface area (Å²) in [6.07, 6.45) is 3.36. The first kappa shape index (κ1) is 13.9. The second kappa shape index (κ2) is 6.62. The molecule has 7 nitrogen and oxygen atoms in total. The summed E-state index contributed by atoms with van der Waals surface area (Å²) < 4.78 is 15.5. The summed E-state index contributed by atoms with van der Waals surface area (Å²) in [7, 11) is 0. The van der Waals surface area contributed by atoms with Crippen LogP contribution in [0.5, 0.6) is 0 Å². The number of rotatable bonds is 6. The molecule has 1 aromatic heterocycles. The standard InChI is InChI=1S/C12H15FN6O/c13-11-7-9(12(14)17-20)1-2-10(11)8-15-3-5-19-6-4-16-18-19/h1-2,4,6-7,15,20H,3,5,8H2,(H2,14,17). The number of hydrogen-bond acceptors (Lipinski definition) is 5. The van der Waals surface area contributed by atoms with Crippen LogP contribution >= 0.6 is 0 Å². The molecule has 20 heavy (non-hydrogen) atoms. The molecule has 0 unspecified atom stereocenters. The summed E-state index contributed by atoms with van der Waals surface area (Å²) in [5.41, 5.74) is 6.25. The Bertz CT molecular complexity index is 584. The number of hydrogen-bond donors (Lipinski definition) is 3. The third-order valence-corrected chi connectivity index (χ3v) is 2.76. The molecule has 0 aliphatic heterocycles. The van der Waals surface area contributed by atoms with E-state index in [2.05, 4.69) is 20.8 Å². The number of nitrogens with two attached hydrogens (primary N) is 1. The average Bonchev–Trinajstić information content (AvgIpc) is 2.97. The summed E-state index contributed by atoms with van der Waals surface area (Å²) in [6, 6.07) is 4.45. The molecule has 0 spiro atoms. The Hall–Kier alpha value is -2.48. The maximum Gasteiger partial charge on any atom is 0.170 e. The Morgan fingerprint density at radius 1 is 1.50 bits per heavy atom. The first-order valence-corrected chi connectivity index (χ1v) is 6.02. The maximum atomic E-state index is 13.8. The zero-order valence-corrected chi connectivity index (χ0v) is 10.7. The molecule has 0 atom stereocenters. The second-order valence-corrected chi connectivity index (χ2v) is 4.13. The van der Waals surface area contributed by atoms with Gasteiger partial charge in [-0.3, -0.25) is 4.68 Å². The van der Waals surface area contributed by atoms with Crippen LogP contribution < -0.4 is 11.1 Å². The van der Waals surface area contributed by atoms with Gasteiger partial charge in [0.15, 0.2) is 5.84 Å². The Morgan fingerprint density at radius 2 is 2.35 bits per heavy atom. The van der Waals surface area contributed by atoms with E-state index in [0.29, 0.717) is 30.8 Å². The first-order valence-electron chi connectivity index (χ1n) is 6.02. The van der Waals surface area contributed by atoms with Crippen LogP contribution in [0.3, 0.4) is 0 Å². The number of aromatic nitrogens is 3. The van der Waals surface area contributed by atoms with Gasteiger partial charge in [0.1, 0.15) is 5.82 Å². The van der Waals surface area contributed by atoms with Crippen LogP contribution in [-0.4, -0.2) is 32.6 Å². The monoisotopic (exact) mass is 278 g/mol. The zero-order valence-electron chi connectivity index (χ0n) is 10.7. The average molecular weight is 278 g/mol. The molecule has 0 saturated carbocycles. The van der Waals surface area contributed by atoms with E-state index in [-0.39, 0.29) is 5.84 Å². The molecule has 0 bridgehead atoms. The van der Waals surface area contributed by atoms with E-state index in [4.69, 9.17) is 10.9 Å². The van der Waals surface area contributed by atoms with E-state index in [9.17, 15) is 4.39 Å². The van der Waals surface area contributed by atoms with E-state index in [1.165, 1.54) is 6.07 Å². The lowest BCUT2D eigenvalue weighted by molar-refractivity contribution is 0.318. The molecule has 0 radical (unpaired) electrons. The smallest absolute Gasteiger partial charge is 0.170 e. The SMILES string of the molecule is N/C(=N/O)c1ccc(CNCCn2ccnn2)c(F)c1. The summed E-state index contributed by atoms with van der Waals surface area (Å²) in [5.74, 6) is -0.517. The van der Waals surface area contributed by atoms with Gasteiger partial charge in [0.25, 0.3) is 0 Å². The third-order valence-electron chi connectivity index (χ3n) is 2.76. The van der Waals surface area contributed by atoms with Crippen molar-refractivity contribution in [2.75, 3.05) is 6.54 Å². The fourth-order valence-corrected chi connectivity index (χ4v) is 1.68. The summed E-state index contributed by atoms with van der Waals surface area (Å²) in [6.45, 7) is 1.69. The van der Waals surface area contributed by atoms with Gasteiger partial charge >= 0.3 is 0 Å². The van der Waals surface area contributed by atoms with Crippen molar-refractivity contribution >= 4 is 5.84 Å². The molecule has 1 aromatic carbocycles. The van der Waals surface area contributed by atoms with Crippen molar-refractivity contribution < 1.29 is 9.60 Å². The van der Waals surface area contributed by atoms with E-state index in [1.54, 1.807) is 29.2 Å². The van der Waals surface area contributed by atoms with Crippen molar-refractivity contribution in [3.05, 3.63) is 47.5 Å². The molecule has 0 amide bonds. The van der Waals surface area contributed by atoms with Crippen molar-refractivity contribution in [3.63, 3.8) is 0 Å². The van der Waals surface area contributed by atoms with Crippen LogP contribution in [0.25, 0.3) is 0 Å². The first-order chi connectivity index (χ1) is 9.70. The number of amidine groups is 1. The summed E-state index contributed by atoms with van der Waals surface area (Å²) in [4.78, 5) is 0. The van der Waals surface area contributed by atoms with Crippen LogP contribution in [0.1, 0.15) is 11.1 Å². The minimum absolute atomic E-state index is 0.116. The molecule has 0 aliphatic carbocycles. The molecule has 2 aromatic rings. The molecule has 4 N–H and O–H groups in total. The molecule has 2 rings (SSSR count). The quantitative estimate of drug-likeness (QED) is 0.232. The Labute approximate surface area is 114 Å². The lowest BCUT2D eigenvalue weighted by atomic mass is 10.1. The van der Waals surface area contributed by atoms with Crippen molar-refractivity contribution in [2.24, 2.45) is 10.9 Å². The fraction of sp³-hybridized carbons (Fsp3) is 0.250. The minimum atomic E-state index is -0.401. The van der Waals surface area contributed by atoms with Gasteiger partial charge in [-0.2, -0.15) is 0 Å². The van der Waals surface area contributed by atoms with Crippen LogP contribution in [0.2, 0.25) is 0 Å². The van der Waals surface area contributed by atoms with Gasteiger partial charge in [-0.25, -0.2) is 4.39 Å². The lowest BCUT2D eigenvalue weighted by Gasteiger charge is -2.07. The van der Waals surface area contributed by atoms with Gasteiger partial charge in [0.05, 0.1) is 12.7 Å². The molecular weight excluding hydrogens is 263 g/mol. The molecule has 106 valence electrons. The Balaban J connectivity index is 1.87. The molecule has 8 heteroatoms. The molecule has 1 heterocycles. The van der Waals surface area contributed by atoms with Gasteiger partial charge in [-0.1, -0.05) is 22.5 Å². The van der Waals surface area contributed by atoms with Crippen molar-refractivity contribution in [2.45, 2.75) is 13.1 Å². The topological polar surface area (TPSA) is 101 Å². The van der Waals surface area contributed by atoms with E-state index >= 15 is 0 Å². The number of benzene rings is 1. The third kappa shape index (κ3) is 3.51. The number of halogens is 1. The fourth-order valence-electron chi connectivity index (χ4n) is 1.68. The predicted molar refractivity (Wildman–Crippen MR) is 70.6 cm³/mol. The Kier molecular flexibility index (Phi) is 4.61. The zero-order chi connectivity index (χ0) is 14.4. The van der Waals surface area contributed by atoms with Crippen molar-refractivity contribution in [1.82, 2.24) is 20.3 Å². The predicted octanol–water partition coefficient (Wildman–Crippen LogP) is 0.301. The molecular formula is C12H15FN6O. The molecule has 0 fully saturated rings. The van der Waals surface area contributed by atoms with E-state index < -0.39 is 5.82 Å². The van der Waals surface area contributed by atoms with Crippen LogP contribution in [0, 0.1) is 5.82 Å². The van der Waals surface area contributed by atoms with Crippen molar-refractivity contribution in [3.8, 4) is 0 Å². The highest BCUT2D eigenvalue weighted by atomic mass is 19.1. The highest BCUT2D eigenvalue weighted by Crippen LogP contribution is 2.10. The van der Waals surface area contributed by atoms with Gasteiger partial charge in [-0.15, -0.1) is 5.10 Å². The lowest BCUT2D eigenvalue weighted by Crippen LogP contribution is -2.21. The Morgan fingerprint density at radius 3 is 3.00 bits per heavy atom. The summed E-state index contributed by atoms with van der Waals surface area (Å²) >= 11 is 0. The van der Waals surface area contributed by atoms with Gasteiger partial charge < -0.3 is 16.3 Å². The number of oxime groups is 1. The van der Waals surface area contributed by atoms with Crippen molar-refractivity contribution in [1.29, 1.82) is 0 Å². The van der Waals surface area contributed by atoms with Crippen LogP contribution in [0.15, 0.2) is 35.7 Å². The number of nitrogens with one attached hydrogen (secondary N) is 1. The van der Waals surface area contributed by atoms with Crippen LogP contribution in [-0.2, 0) is 13.1 Å². The van der Waals surface area contributed by atoms with E-state index in [1.807, 2.05) is 0 Å². The minimum Gasteiger partial charge on any atom is -0.409 e. The molecule has 0 aliphatic rings.